The van der Waals surface area contributed by atoms with Crippen LogP contribution in [-0.4, -0.2) is 64.8 Å². The van der Waals surface area contributed by atoms with Crippen LogP contribution in [0.4, 0.5) is 0 Å². The van der Waals surface area contributed by atoms with Crippen molar-refractivity contribution in [3.63, 3.8) is 0 Å². The van der Waals surface area contributed by atoms with Crippen molar-refractivity contribution < 1.29 is 4.42 Å². The third-order valence-electron chi connectivity index (χ3n) is 11.4. The number of nitrogens with zero attached hydrogens (tertiary/aromatic N) is 13. The van der Waals surface area contributed by atoms with Crippen LogP contribution in [0.2, 0.25) is 0 Å². The van der Waals surface area contributed by atoms with E-state index in [0.29, 0.717) is 0 Å². The van der Waals surface area contributed by atoms with Crippen LogP contribution in [0.15, 0.2) is 151 Å². The zero-order chi connectivity index (χ0) is 79.0. The molecule has 0 fully saturated rings. The van der Waals surface area contributed by atoms with Gasteiger partial charge in [-0.2, -0.15) is 0 Å². The Morgan fingerprint density at radius 3 is 0.921 bits per heavy atom. The van der Waals surface area contributed by atoms with Gasteiger partial charge in [-0.05, 0) is 202 Å². The second kappa shape index (κ2) is 66.9. The van der Waals surface area contributed by atoms with Gasteiger partial charge in [0.05, 0.1) is 16.9 Å². The number of benzene rings is 4. The topological polar surface area (TPSA) is 181 Å². The highest BCUT2D eigenvalue weighted by Gasteiger charge is 2.02. The lowest BCUT2D eigenvalue weighted by Gasteiger charge is -2.05. The fourth-order valence-corrected chi connectivity index (χ4v) is 8.69. The SMILES string of the molecule is CC.CC.CC.CC.CC.CC.CC.CC.CC.Cc1cc(C)ncn1.Cc1ccc(C)o1.Cc1ccc(C)s1.Cc1ccc2c(ccc3cc(C)ccc32)c1.Cc1ccnc(C)n1.Cc1ccnc(C)n1.Cc1cncc(C)n1.Cc1nc(C)c2ccccc2n1.Cc1nc(C)nc(C)n1. The summed E-state index contributed by atoms with van der Waals surface area (Å²) in [6.45, 7) is 73.3. The van der Waals surface area contributed by atoms with Gasteiger partial charge in [0.2, 0.25) is 0 Å². The molecule has 0 unspecified atom stereocenters. The van der Waals surface area contributed by atoms with Crippen molar-refractivity contribution in [2.24, 2.45) is 0 Å². The predicted molar refractivity (Wildman–Crippen MR) is 444 cm³/mol. The molecule has 0 radical (unpaired) electrons. The molecular weight excluding hydrogens is 1260 g/mol. The van der Waals surface area contributed by atoms with Crippen molar-refractivity contribution in [1.29, 1.82) is 0 Å². The molecule has 0 aliphatic carbocycles. The Hall–Kier alpha value is -8.95. The Bertz CT molecular complexity index is 3490. The van der Waals surface area contributed by atoms with E-state index in [9.17, 15) is 0 Å². The average Bonchev–Trinajstić information content (AvgIpc) is 1.17. The summed E-state index contributed by atoms with van der Waals surface area (Å²) >= 11 is 1.84. The smallest absolute Gasteiger partial charge is 0.129 e. The Kier molecular flexibility index (Phi) is 68.3. The van der Waals surface area contributed by atoms with E-state index in [1.807, 2.05) is 294 Å². The molecule has 12 aromatic rings. The van der Waals surface area contributed by atoms with Gasteiger partial charge in [0.1, 0.15) is 52.8 Å². The molecule has 0 saturated heterocycles. The Morgan fingerprint density at radius 2 is 0.644 bits per heavy atom. The van der Waals surface area contributed by atoms with Gasteiger partial charge in [0, 0.05) is 68.4 Å². The fourth-order valence-electron chi connectivity index (χ4n) is 7.91. The van der Waals surface area contributed by atoms with E-state index in [-0.39, 0.29) is 0 Å². The Labute approximate surface area is 619 Å². The molecule has 0 saturated carbocycles. The molecule has 0 aliphatic heterocycles. The van der Waals surface area contributed by atoms with Crippen LogP contribution in [0.5, 0.6) is 0 Å². The highest BCUT2D eigenvalue weighted by Crippen LogP contribution is 2.27. The summed E-state index contributed by atoms with van der Waals surface area (Å²) in [4.78, 5) is 55.3. The highest BCUT2D eigenvalue weighted by atomic mass is 32.1. The number of fused-ring (bicyclic) bond motifs is 4. The van der Waals surface area contributed by atoms with Crippen molar-refractivity contribution >= 4 is 43.8 Å². The van der Waals surface area contributed by atoms with Crippen LogP contribution < -0.4 is 0 Å². The summed E-state index contributed by atoms with van der Waals surface area (Å²) in [5, 5.41) is 6.50. The first-order chi connectivity index (χ1) is 48.4. The lowest BCUT2D eigenvalue weighted by molar-refractivity contribution is 0.504. The van der Waals surface area contributed by atoms with Crippen LogP contribution in [0.1, 0.15) is 232 Å². The van der Waals surface area contributed by atoms with E-state index < -0.39 is 0 Å². The van der Waals surface area contributed by atoms with Gasteiger partial charge in [-0.25, -0.2) is 54.8 Å². The monoisotopic (exact) mass is 1400 g/mol. The zero-order valence-electron chi connectivity index (χ0n) is 70.0. The number of rotatable bonds is 0. The standard InChI is InChI=1S/C16H14.C10H10N2.C6H9N3.4C6H8N2.C6H8O.C6H8S.9C2H6/c1-11-3-7-15-13(9-11)5-6-14-10-12(2)4-8-16(14)15;1-7-9-5-3-4-6-10(9)12-8(2)11-7;1-4-7-5(2)9-6(3)8-4;1-5-3-7-4-6(2)8-5;1-5-3-6(2)8-4-7-5;2*1-5-3-4-7-6(2)8-5;2*1-5-3-4-6(2)7-5;9*1-2/h3-10H,1-2H3;3-6H,1-2H3;1-3H3;4*3-4H,1-2H3;2*3-4H,1-2H3;9*1-2H3. The van der Waals surface area contributed by atoms with Gasteiger partial charge in [0.15, 0.2) is 0 Å². The normalized spacial score (nSPS) is 8.64. The van der Waals surface area contributed by atoms with Gasteiger partial charge in [-0.3, -0.25) is 9.97 Å². The molecule has 0 N–H and O–H groups in total. The predicted octanol–water partition coefficient (Wildman–Crippen LogP) is 25.5. The molecule has 0 amide bonds. The van der Waals surface area contributed by atoms with Crippen molar-refractivity contribution in [3.05, 3.63) is 254 Å². The molecular formula is C86H135N13OS. The van der Waals surface area contributed by atoms with Crippen molar-refractivity contribution in [2.45, 2.75) is 256 Å². The van der Waals surface area contributed by atoms with Gasteiger partial charge >= 0.3 is 0 Å². The van der Waals surface area contributed by atoms with E-state index in [1.165, 1.54) is 42.4 Å². The number of aryl methyl sites for hydroxylation is 19. The summed E-state index contributed by atoms with van der Waals surface area (Å²) in [5.74, 6) is 6.86. The first kappa shape index (κ1) is 103. The molecule has 0 bridgehead atoms. The maximum absolute atomic E-state index is 5.08. The third kappa shape index (κ3) is 50.9. The van der Waals surface area contributed by atoms with Crippen molar-refractivity contribution in [2.75, 3.05) is 0 Å². The maximum atomic E-state index is 5.08. The first-order valence-electron chi connectivity index (χ1n) is 36.3. The summed E-state index contributed by atoms with van der Waals surface area (Å²) in [6, 6.07) is 39.7. The van der Waals surface area contributed by atoms with E-state index in [2.05, 4.69) is 153 Å². The molecule has 0 aliphatic rings. The number of para-hydroxylation sites is 1. The van der Waals surface area contributed by atoms with Crippen LogP contribution in [0.25, 0.3) is 32.4 Å². The number of thiophene rings is 1. The lowest BCUT2D eigenvalue weighted by atomic mass is 9.99. The summed E-state index contributed by atoms with van der Waals surface area (Å²) in [5.41, 5.74) is 10.8. The fraction of sp³-hybridized carbons (Fsp3) is 0.430. The maximum Gasteiger partial charge on any atom is 0.129 e. The molecule has 8 heterocycles. The van der Waals surface area contributed by atoms with Gasteiger partial charge < -0.3 is 4.42 Å². The molecule has 8 aromatic heterocycles. The van der Waals surface area contributed by atoms with Gasteiger partial charge in [0.25, 0.3) is 0 Å². The second-order valence-corrected chi connectivity index (χ2v) is 21.3. The molecule has 101 heavy (non-hydrogen) atoms. The first-order valence-corrected chi connectivity index (χ1v) is 37.1. The molecule has 4 aromatic carbocycles. The van der Waals surface area contributed by atoms with Crippen LogP contribution in [0.3, 0.4) is 0 Å². The minimum absolute atomic E-state index is 0.792. The summed E-state index contributed by atoms with van der Waals surface area (Å²) in [6.07, 6.45) is 8.58. The largest absolute Gasteiger partial charge is 0.467 e. The Morgan fingerprint density at radius 1 is 0.277 bits per heavy atom. The highest BCUT2D eigenvalue weighted by molar-refractivity contribution is 7.11. The quantitative estimate of drug-likeness (QED) is 0.131. The number of hydrogen-bond donors (Lipinski definition) is 0. The molecule has 12 rings (SSSR count). The van der Waals surface area contributed by atoms with Crippen LogP contribution >= 0.6 is 11.3 Å². The minimum atomic E-state index is 0.792. The van der Waals surface area contributed by atoms with E-state index in [0.717, 1.165) is 97.2 Å². The van der Waals surface area contributed by atoms with Gasteiger partial charge in [-0.1, -0.05) is 202 Å². The summed E-state index contributed by atoms with van der Waals surface area (Å²) in [7, 11) is 0. The molecule has 0 spiro atoms. The van der Waals surface area contributed by atoms with E-state index in [4.69, 9.17) is 4.42 Å². The zero-order valence-corrected chi connectivity index (χ0v) is 70.8. The number of furan rings is 1. The minimum Gasteiger partial charge on any atom is -0.467 e. The number of hydrogen-bond acceptors (Lipinski definition) is 15. The lowest BCUT2D eigenvalue weighted by Crippen LogP contribution is -1.97. The number of aromatic nitrogens is 13. The third-order valence-corrected chi connectivity index (χ3v) is 12.3. The van der Waals surface area contributed by atoms with Crippen molar-refractivity contribution in [1.82, 2.24) is 64.8 Å². The molecule has 0 atom stereocenters. The molecule has 556 valence electrons. The average molecular weight is 1400 g/mol. The molecule has 15 heteroatoms. The molecule has 14 nitrogen and oxygen atoms in total. The summed E-state index contributed by atoms with van der Waals surface area (Å²) < 4.78 is 5.08. The van der Waals surface area contributed by atoms with Crippen LogP contribution in [0, 0.1) is 132 Å². The van der Waals surface area contributed by atoms with Crippen molar-refractivity contribution in [3.8, 4) is 0 Å². The van der Waals surface area contributed by atoms with Gasteiger partial charge in [-0.15, -0.1) is 11.3 Å². The van der Waals surface area contributed by atoms with E-state index >= 15 is 0 Å². The van der Waals surface area contributed by atoms with Crippen LogP contribution in [-0.2, 0) is 0 Å². The van der Waals surface area contributed by atoms with E-state index in [1.54, 1.807) is 31.1 Å². The second-order valence-electron chi connectivity index (χ2n) is 19.8. The Balaban J connectivity index is -0.000000247.